The fourth-order valence-electron chi connectivity index (χ4n) is 3.90. The normalized spacial score (nSPS) is 11.6. The van der Waals surface area contributed by atoms with Gasteiger partial charge in [0.1, 0.15) is 11.5 Å². The molecule has 170 valence electrons. The summed E-state index contributed by atoms with van der Waals surface area (Å²) in [5.74, 6) is 1.04. The number of fused-ring (bicyclic) bond motifs is 1. The first kappa shape index (κ1) is 22.7. The molecule has 0 radical (unpaired) electrons. The van der Waals surface area contributed by atoms with Crippen LogP contribution in [0, 0.1) is 0 Å². The molecule has 0 unspecified atom stereocenters. The SMILES string of the molecule is COc1ccc(Cc2c(-c3cc(Cl)ccc3OC)c3cccc(C(F)(F)F)c3[nH]c2=O)cc1. The number of alkyl halides is 3. The molecule has 4 aromatic rings. The van der Waals surface area contributed by atoms with Gasteiger partial charge in [0.25, 0.3) is 5.56 Å². The van der Waals surface area contributed by atoms with E-state index >= 15 is 0 Å². The van der Waals surface area contributed by atoms with Crippen LogP contribution in [0.1, 0.15) is 16.7 Å². The molecule has 3 aromatic carbocycles. The Hall–Kier alpha value is -3.45. The van der Waals surface area contributed by atoms with E-state index in [4.69, 9.17) is 21.1 Å². The summed E-state index contributed by atoms with van der Waals surface area (Å²) in [6.07, 6.45) is -4.47. The summed E-state index contributed by atoms with van der Waals surface area (Å²) in [7, 11) is 3.00. The van der Waals surface area contributed by atoms with Crippen LogP contribution in [0.2, 0.25) is 5.02 Å². The summed E-state index contributed by atoms with van der Waals surface area (Å²) in [5, 5.41) is 0.607. The molecule has 0 saturated heterocycles. The highest BCUT2D eigenvalue weighted by molar-refractivity contribution is 6.31. The van der Waals surface area contributed by atoms with Gasteiger partial charge < -0.3 is 14.5 Å². The molecule has 4 nitrogen and oxygen atoms in total. The fourth-order valence-corrected chi connectivity index (χ4v) is 4.07. The average Bonchev–Trinajstić information content (AvgIpc) is 2.79. The lowest BCUT2D eigenvalue weighted by Gasteiger charge is -2.18. The van der Waals surface area contributed by atoms with Crippen LogP contribution in [0.5, 0.6) is 11.5 Å². The Morgan fingerprint density at radius 3 is 2.33 bits per heavy atom. The van der Waals surface area contributed by atoms with Crippen LogP contribution < -0.4 is 15.0 Å². The molecule has 33 heavy (non-hydrogen) atoms. The number of aromatic amines is 1. The lowest BCUT2D eigenvalue weighted by Crippen LogP contribution is -2.18. The number of hydrogen-bond donors (Lipinski definition) is 1. The molecule has 0 atom stereocenters. The van der Waals surface area contributed by atoms with Gasteiger partial charge in [-0.3, -0.25) is 4.79 Å². The number of benzene rings is 3. The third-order valence-electron chi connectivity index (χ3n) is 5.42. The number of hydrogen-bond acceptors (Lipinski definition) is 3. The van der Waals surface area contributed by atoms with Crippen molar-refractivity contribution in [2.45, 2.75) is 12.6 Å². The molecular weight excluding hydrogens is 455 g/mol. The zero-order valence-electron chi connectivity index (χ0n) is 17.7. The van der Waals surface area contributed by atoms with Crippen LogP contribution in [0.3, 0.4) is 0 Å². The van der Waals surface area contributed by atoms with Gasteiger partial charge in [-0.2, -0.15) is 13.2 Å². The van der Waals surface area contributed by atoms with Crippen LogP contribution >= 0.6 is 11.6 Å². The Balaban J connectivity index is 2.07. The molecule has 0 bridgehead atoms. The molecule has 0 spiro atoms. The van der Waals surface area contributed by atoms with Gasteiger partial charge in [-0.25, -0.2) is 0 Å². The topological polar surface area (TPSA) is 51.3 Å². The molecule has 0 amide bonds. The zero-order chi connectivity index (χ0) is 23.8. The van der Waals surface area contributed by atoms with Gasteiger partial charge in [0.15, 0.2) is 0 Å². The van der Waals surface area contributed by atoms with Gasteiger partial charge in [-0.15, -0.1) is 0 Å². The maximum absolute atomic E-state index is 13.7. The molecule has 1 N–H and O–H groups in total. The lowest BCUT2D eigenvalue weighted by atomic mass is 9.91. The molecular formula is C25H19ClF3NO3. The minimum Gasteiger partial charge on any atom is -0.497 e. The quantitative estimate of drug-likeness (QED) is 0.361. The number of nitrogens with one attached hydrogen (secondary N) is 1. The van der Waals surface area contributed by atoms with Crippen molar-refractivity contribution in [3.05, 3.63) is 92.7 Å². The van der Waals surface area contributed by atoms with Gasteiger partial charge in [-0.05, 0) is 42.0 Å². The molecule has 4 rings (SSSR count). The second kappa shape index (κ2) is 8.83. The van der Waals surface area contributed by atoms with Crippen molar-refractivity contribution in [1.82, 2.24) is 4.98 Å². The average molecular weight is 474 g/mol. The molecule has 0 aliphatic carbocycles. The summed E-state index contributed by atoms with van der Waals surface area (Å²) >= 11 is 6.23. The van der Waals surface area contributed by atoms with Crippen molar-refractivity contribution in [3.63, 3.8) is 0 Å². The lowest BCUT2D eigenvalue weighted by molar-refractivity contribution is -0.136. The van der Waals surface area contributed by atoms with E-state index in [1.54, 1.807) is 55.6 Å². The Kier molecular flexibility index (Phi) is 6.08. The van der Waals surface area contributed by atoms with E-state index in [-0.39, 0.29) is 17.3 Å². The molecule has 1 heterocycles. The van der Waals surface area contributed by atoms with Crippen LogP contribution in [0.15, 0.2) is 65.5 Å². The highest BCUT2D eigenvalue weighted by Gasteiger charge is 2.34. The van der Waals surface area contributed by atoms with Crippen LogP contribution in [-0.2, 0) is 12.6 Å². The fraction of sp³-hybridized carbons (Fsp3) is 0.160. The minimum absolute atomic E-state index is 0.177. The third kappa shape index (κ3) is 4.41. The first-order valence-electron chi connectivity index (χ1n) is 9.95. The molecule has 1 aromatic heterocycles. The second-order valence-corrected chi connectivity index (χ2v) is 7.84. The van der Waals surface area contributed by atoms with Crippen molar-refractivity contribution in [1.29, 1.82) is 0 Å². The Labute approximate surface area is 192 Å². The molecule has 0 aliphatic rings. The summed E-state index contributed by atoms with van der Waals surface area (Å²) in [6.45, 7) is 0. The first-order valence-corrected chi connectivity index (χ1v) is 10.3. The van der Waals surface area contributed by atoms with Gasteiger partial charge in [-0.1, -0.05) is 35.9 Å². The summed E-state index contributed by atoms with van der Waals surface area (Å²) in [4.78, 5) is 15.7. The predicted octanol–water partition coefficient (Wildman–Crippen LogP) is 6.48. The number of pyridine rings is 1. The maximum Gasteiger partial charge on any atom is 0.418 e. The van der Waals surface area contributed by atoms with E-state index in [1.165, 1.54) is 13.2 Å². The van der Waals surface area contributed by atoms with E-state index in [9.17, 15) is 18.0 Å². The number of aromatic nitrogens is 1. The standard InChI is InChI=1S/C25H19ClF3NO3/c1-32-16-9-6-14(7-10-16)12-19-22(18-13-15(26)8-11-21(18)33-2)17-4-3-5-20(25(27,28)29)23(17)30-24(19)31/h3-11,13H,12H2,1-2H3,(H,30,31). The molecule has 0 saturated carbocycles. The van der Waals surface area contributed by atoms with Gasteiger partial charge >= 0.3 is 6.18 Å². The Morgan fingerprint density at radius 1 is 0.970 bits per heavy atom. The monoisotopic (exact) mass is 473 g/mol. The van der Waals surface area contributed by atoms with Gasteiger partial charge in [0.05, 0.1) is 25.3 Å². The minimum atomic E-state index is -4.64. The maximum atomic E-state index is 13.7. The number of H-pyrrole nitrogens is 1. The van der Waals surface area contributed by atoms with Crippen molar-refractivity contribution < 1.29 is 22.6 Å². The number of methoxy groups -OCH3 is 2. The number of ether oxygens (including phenoxy) is 2. The van der Waals surface area contributed by atoms with E-state index in [2.05, 4.69) is 4.98 Å². The van der Waals surface area contributed by atoms with E-state index in [1.807, 2.05) is 0 Å². The highest BCUT2D eigenvalue weighted by Crippen LogP contribution is 2.41. The molecule has 0 aliphatic heterocycles. The smallest absolute Gasteiger partial charge is 0.418 e. The third-order valence-corrected chi connectivity index (χ3v) is 5.66. The van der Waals surface area contributed by atoms with Crippen LogP contribution in [0.25, 0.3) is 22.0 Å². The van der Waals surface area contributed by atoms with Crippen LogP contribution in [-0.4, -0.2) is 19.2 Å². The number of rotatable bonds is 5. The zero-order valence-corrected chi connectivity index (χ0v) is 18.5. The van der Waals surface area contributed by atoms with E-state index in [0.717, 1.165) is 11.6 Å². The first-order chi connectivity index (χ1) is 15.7. The van der Waals surface area contributed by atoms with Crippen molar-refractivity contribution in [3.8, 4) is 22.6 Å². The molecule has 0 fully saturated rings. The highest BCUT2D eigenvalue weighted by atomic mass is 35.5. The van der Waals surface area contributed by atoms with Crippen molar-refractivity contribution in [2.75, 3.05) is 14.2 Å². The Morgan fingerprint density at radius 2 is 1.70 bits per heavy atom. The van der Waals surface area contributed by atoms with Crippen LogP contribution in [0.4, 0.5) is 13.2 Å². The molecule has 8 heteroatoms. The van der Waals surface area contributed by atoms with E-state index < -0.39 is 17.3 Å². The summed E-state index contributed by atoms with van der Waals surface area (Å²) < 4.78 is 51.8. The predicted molar refractivity (Wildman–Crippen MR) is 122 cm³/mol. The number of halogens is 4. The van der Waals surface area contributed by atoms with Gasteiger partial charge in [0.2, 0.25) is 0 Å². The number of para-hydroxylation sites is 1. The summed E-state index contributed by atoms with van der Waals surface area (Å²) in [6, 6.07) is 15.7. The van der Waals surface area contributed by atoms with E-state index in [0.29, 0.717) is 33.2 Å². The van der Waals surface area contributed by atoms with Crippen molar-refractivity contribution in [2.24, 2.45) is 0 Å². The Bertz CT molecular complexity index is 1380. The summed E-state index contributed by atoms with van der Waals surface area (Å²) in [5.41, 5.74) is 0.0364. The van der Waals surface area contributed by atoms with Crippen molar-refractivity contribution >= 4 is 22.5 Å². The van der Waals surface area contributed by atoms with Gasteiger partial charge in [0, 0.05) is 33.5 Å². The second-order valence-electron chi connectivity index (χ2n) is 7.40. The largest absolute Gasteiger partial charge is 0.497 e.